The number of carbonyl (C=O) groups is 1. The molecule has 0 heterocycles. The summed E-state index contributed by atoms with van der Waals surface area (Å²) in [6.45, 7) is 10.9. The average Bonchev–Trinajstić information content (AvgIpc) is 2.64. The second-order valence-electron chi connectivity index (χ2n) is 7.37. The van der Waals surface area contributed by atoms with Crippen LogP contribution in [0.25, 0.3) is 5.57 Å². The predicted molar refractivity (Wildman–Crippen MR) is 89.2 cm³/mol. The molecule has 0 fully saturated rings. The highest BCUT2D eigenvalue weighted by Gasteiger charge is 2.41. The van der Waals surface area contributed by atoms with E-state index in [2.05, 4.69) is 33.9 Å². The number of carbonyl (C=O) groups excluding carboxylic acids is 1. The van der Waals surface area contributed by atoms with Crippen LogP contribution in [0, 0.1) is 5.82 Å². The first-order valence-corrected chi connectivity index (χ1v) is 10.4. The van der Waals surface area contributed by atoms with Gasteiger partial charge < -0.3 is 10.2 Å². The molecular formula is C17H24FNO2Si. The van der Waals surface area contributed by atoms with Crippen LogP contribution in [0.3, 0.4) is 0 Å². The largest absolute Gasteiger partial charge is 0.410 e. The Morgan fingerprint density at radius 2 is 2.05 bits per heavy atom. The average molecular weight is 321 g/mol. The van der Waals surface area contributed by atoms with Gasteiger partial charge in [-0.3, -0.25) is 4.79 Å². The van der Waals surface area contributed by atoms with E-state index in [1.807, 2.05) is 0 Å². The summed E-state index contributed by atoms with van der Waals surface area (Å²) < 4.78 is 20.0. The van der Waals surface area contributed by atoms with E-state index in [9.17, 15) is 9.18 Å². The van der Waals surface area contributed by atoms with Gasteiger partial charge in [0.15, 0.2) is 8.32 Å². The molecule has 0 aliphatic heterocycles. The first-order valence-electron chi connectivity index (χ1n) is 7.49. The van der Waals surface area contributed by atoms with Crippen LogP contribution >= 0.6 is 0 Å². The summed E-state index contributed by atoms with van der Waals surface area (Å²) in [7, 11) is -1.96. The third kappa shape index (κ3) is 3.30. The van der Waals surface area contributed by atoms with Crippen molar-refractivity contribution in [3.8, 4) is 0 Å². The van der Waals surface area contributed by atoms with Crippen molar-refractivity contribution in [3.63, 3.8) is 0 Å². The number of fused-ring (bicyclic) bond motifs is 1. The molecule has 0 bridgehead atoms. The minimum atomic E-state index is -1.96. The zero-order valence-electron chi connectivity index (χ0n) is 13.9. The summed E-state index contributed by atoms with van der Waals surface area (Å²) in [5.74, 6) is -0.833. The molecule has 22 heavy (non-hydrogen) atoms. The Morgan fingerprint density at radius 3 is 2.59 bits per heavy atom. The van der Waals surface area contributed by atoms with Crippen molar-refractivity contribution in [1.82, 2.24) is 0 Å². The van der Waals surface area contributed by atoms with Crippen molar-refractivity contribution in [2.24, 2.45) is 5.73 Å². The van der Waals surface area contributed by atoms with Gasteiger partial charge in [0.05, 0.1) is 6.10 Å². The van der Waals surface area contributed by atoms with E-state index in [0.717, 1.165) is 16.7 Å². The number of halogens is 1. The molecule has 0 radical (unpaired) electrons. The van der Waals surface area contributed by atoms with Crippen LogP contribution in [0.15, 0.2) is 24.3 Å². The van der Waals surface area contributed by atoms with E-state index < -0.39 is 14.2 Å². The third-order valence-corrected chi connectivity index (χ3v) is 9.16. The first-order chi connectivity index (χ1) is 10.0. The van der Waals surface area contributed by atoms with Gasteiger partial charge in [0.1, 0.15) is 5.82 Å². The van der Waals surface area contributed by atoms with Gasteiger partial charge in [0.25, 0.3) is 0 Å². The Morgan fingerprint density at radius 1 is 1.41 bits per heavy atom. The monoisotopic (exact) mass is 321 g/mol. The molecule has 1 atom stereocenters. The number of rotatable bonds is 3. The van der Waals surface area contributed by atoms with Gasteiger partial charge in [-0.15, -0.1) is 0 Å². The highest BCUT2D eigenvalue weighted by Crippen LogP contribution is 2.47. The standard InChI is InChI=1S/C17H24FNO2Si/c1-17(2,3)22(4,5)21-15-8-11(9-16(19)20)14-10-12(18)6-7-13(14)15/h6-7,9-10,15H,8H2,1-5H3,(H2,19,20)/b11-9+. The Hall–Kier alpha value is -1.46. The quantitative estimate of drug-likeness (QED) is 0.671. The van der Waals surface area contributed by atoms with Gasteiger partial charge >= 0.3 is 0 Å². The smallest absolute Gasteiger partial charge is 0.241 e. The van der Waals surface area contributed by atoms with E-state index in [4.69, 9.17) is 10.2 Å². The molecule has 2 rings (SSSR count). The molecular weight excluding hydrogens is 297 g/mol. The summed E-state index contributed by atoms with van der Waals surface area (Å²) in [5, 5.41) is 0.0867. The van der Waals surface area contributed by atoms with E-state index in [1.54, 1.807) is 6.07 Å². The molecule has 1 aliphatic carbocycles. The molecule has 0 saturated heterocycles. The molecule has 1 amide bonds. The maximum atomic E-state index is 13.6. The van der Waals surface area contributed by atoms with Crippen LogP contribution in [0.5, 0.6) is 0 Å². The molecule has 3 nitrogen and oxygen atoms in total. The number of nitrogens with two attached hydrogens (primary N) is 1. The van der Waals surface area contributed by atoms with Crippen LogP contribution in [0.4, 0.5) is 4.39 Å². The van der Waals surface area contributed by atoms with Crippen molar-refractivity contribution in [2.45, 2.75) is 51.4 Å². The molecule has 1 unspecified atom stereocenters. The highest BCUT2D eigenvalue weighted by atomic mass is 28.4. The van der Waals surface area contributed by atoms with E-state index in [1.165, 1.54) is 18.2 Å². The molecule has 5 heteroatoms. The molecule has 1 aromatic rings. The second kappa shape index (κ2) is 5.63. The SMILES string of the molecule is CC(C)(C)[Si](C)(C)OC1C/C(=C\C(N)=O)c2cc(F)ccc21. The minimum absolute atomic E-state index is 0.0867. The van der Waals surface area contributed by atoms with Gasteiger partial charge in [-0.1, -0.05) is 26.8 Å². The summed E-state index contributed by atoms with van der Waals surface area (Å²) in [6, 6.07) is 4.65. The maximum absolute atomic E-state index is 13.6. The Kier molecular flexibility index (Phi) is 4.32. The lowest BCUT2D eigenvalue weighted by Crippen LogP contribution is -2.41. The Labute approximate surface area is 132 Å². The minimum Gasteiger partial charge on any atom is -0.410 e. The lowest BCUT2D eigenvalue weighted by Gasteiger charge is -2.38. The van der Waals surface area contributed by atoms with Gasteiger partial charge in [0.2, 0.25) is 5.91 Å². The Bertz CT molecular complexity index is 632. The maximum Gasteiger partial charge on any atom is 0.241 e. The van der Waals surface area contributed by atoms with Gasteiger partial charge in [0, 0.05) is 12.5 Å². The first kappa shape index (κ1) is 16.9. The fraction of sp³-hybridized carbons (Fsp3) is 0.471. The van der Waals surface area contributed by atoms with Crippen LogP contribution in [0.1, 0.15) is 44.4 Å². The fourth-order valence-corrected chi connectivity index (χ4v) is 3.73. The van der Waals surface area contributed by atoms with Crippen molar-refractivity contribution >= 4 is 19.8 Å². The summed E-state index contributed by atoms with van der Waals surface area (Å²) in [4.78, 5) is 11.2. The second-order valence-corrected chi connectivity index (χ2v) is 12.1. The summed E-state index contributed by atoms with van der Waals surface area (Å²) >= 11 is 0. The normalized spacial score (nSPS) is 20.3. The number of hydrogen-bond donors (Lipinski definition) is 1. The Balaban J connectivity index is 2.40. The molecule has 1 aliphatic rings. The van der Waals surface area contributed by atoms with Crippen molar-refractivity contribution < 1.29 is 13.6 Å². The van der Waals surface area contributed by atoms with E-state index in [-0.39, 0.29) is 17.0 Å². The van der Waals surface area contributed by atoms with Gasteiger partial charge in [-0.2, -0.15) is 0 Å². The number of hydrogen-bond acceptors (Lipinski definition) is 2. The summed E-state index contributed by atoms with van der Waals surface area (Å²) in [6.07, 6.45) is 1.81. The molecule has 2 N–H and O–H groups in total. The lowest BCUT2D eigenvalue weighted by atomic mass is 10.1. The lowest BCUT2D eigenvalue weighted by molar-refractivity contribution is -0.113. The molecule has 0 spiro atoms. The van der Waals surface area contributed by atoms with Crippen LogP contribution < -0.4 is 5.73 Å². The zero-order valence-corrected chi connectivity index (χ0v) is 14.9. The number of benzene rings is 1. The molecule has 0 aromatic heterocycles. The van der Waals surface area contributed by atoms with E-state index >= 15 is 0 Å². The zero-order chi connectivity index (χ0) is 16.7. The van der Waals surface area contributed by atoms with Gasteiger partial charge in [-0.05, 0) is 47.0 Å². The van der Waals surface area contributed by atoms with Crippen LogP contribution in [-0.2, 0) is 9.22 Å². The third-order valence-electron chi connectivity index (χ3n) is 4.67. The van der Waals surface area contributed by atoms with Crippen LogP contribution in [0.2, 0.25) is 18.1 Å². The predicted octanol–water partition coefficient (Wildman–Crippen LogP) is 4.16. The summed E-state index contributed by atoms with van der Waals surface area (Å²) in [5.41, 5.74) is 7.71. The van der Waals surface area contributed by atoms with Crippen molar-refractivity contribution in [3.05, 3.63) is 41.2 Å². The van der Waals surface area contributed by atoms with Crippen molar-refractivity contribution in [1.29, 1.82) is 0 Å². The number of primary amides is 1. The van der Waals surface area contributed by atoms with Crippen molar-refractivity contribution in [2.75, 3.05) is 0 Å². The molecule has 1 aromatic carbocycles. The fourth-order valence-electron chi connectivity index (χ4n) is 2.45. The topological polar surface area (TPSA) is 52.3 Å². The molecule has 120 valence electrons. The molecule has 0 saturated carbocycles. The highest BCUT2D eigenvalue weighted by molar-refractivity contribution is 6.74. The number of amides is 1. The van der Waals surface area contributed by atoms with E-state index in [0.29, 0.717) is 6.42 Å². The van der Waals surface area contributed by atoms with Gasteiger partial charge in [-0.25, -0.2) is 4.39 Å². The van der Waals surface area contributed by atoms with Crippen LogP contribution in [-0.4, -0.2) is 14.2 Å².